The Bertz CT molecular complexity index is 1110. The summed E-state index contributed by atoms with van der Waals surface area (Å²) in [6, 6.07) is 12.8. The van der Waals surface area contributed by atoms with Gasteiger partial charge in [-0.25, -0.2) is 13.6 Å². The number of hydrogen-bond donors (Lipinski definition) is 2. The first-order chi connectivity index (χ1) is 14.9. The number of aryl methyl sites for hydroxylation is 2. The Morgan fingerprint density at radius 2 is 2.06 bits per heavy atom. The van der Waals surface area contributed by atoms with E-state index in [0.717, 1.165) is 41.6 Å². The molecule has 0 fully saturated rings. The van der Waals surface area contributed by atoms with Gasteiger partial charge >= 0.3 is 5.97 Å². The van der Waals surface area contributed by atoms with E-state index in [2.05, 4.69) is 22.4 Å². The van der Waals surface area contributed by atoms with Gasteiger partial charge in [-0.2, -0.15) is 0 Å². The molecule has 0 unspecified atom stereocenters. The van der Waals surface area contributed by atoms with Crippen molar-refractivity contribution in [2.24, 2.45) is 0 Å². The molecule has 1 atom stereocenters. The SMILES string of the molecule is Cc1cc(C(F)F)ccc1-c1ccc2c(c1)CCN[C@@H]2CCc1cnccc1C(=O)O. The number of pyridine rings is 1. The van der Waals surface area contributed by atoms with Gasteiger partial charge in [0.2, 0.25) is 0 Å². The summed E-state index contributed by atoms with van der Waals surface area (Å²) in [6.45, 7) is 2.70. The molecule has 0 bridgehead atoms. The number of carboxylic acid groups (broad SMARTS) is 1. The molecule has 1 aliphatic heterocycles. The van der Waals surface area contributed by atoms with Crippen molar-refractivity contribution in [2.45, 2.75) is 38.7 Å². The van der Waals surface area contributed by atoms with Crippen LogP contribution >= 0.6 is 0 Å². The molecule has 4 rings (SSSR count). The van der Waals surface area contributed by atoms with Crippen molar-refractivity contribution in [1.82, 2.24) is 10.3 Å². The van der Waals surface area contributed by atoms with Crippen molar-refractivity contribution in [3.05, 3.63) is 88.2 Å². The number of carboxylic acids is 1. The molecule has 0 saturated heterocycles. The first-order valence-electron chi connectivity index (χ1n) is 10.4. The zero-order valence-corrected chi connectivity index (χ0v) is 17.2. The van der Waals surface area contributed by atoms with Gasteiger partial charge in [0.05, 0.1) is 5.56 Å². The van der Waals surface area contributed by atoms with E-state index in [1.807, 2.05) is 13.0 Å². The fourth-order valence-electron chi connectivity index (χ4n) is 4.36. The average Bonchev–Trinajstić information content (AvgIpc) is 2.77. The molecule has 6 heteroatoms. The number of aromatic carboxylic acids is 1. The van der Waals surface area contributed by atoms with Crippen LogP contribution in [0.4, 0.5) is 8.78 Å². The van der Waals surface area contributed by atoms with Crippen molar-refractivity contribution in [3.63, 3.8) is 0 Å². The van der Waals surface area contributed by atoms with E-state index >= 15 is 0 Å². The number of fused-ring (bicyclic) bond motifs is 1. The van der Waals surface area contributed by atoms with Gasteiger partial charge in [-0.15, -0.1) is 0 Å². The molecule has 1 aromatic heterocycles. The molecule has 0 saturated carbocycles. The Hall–Kier alpha value is -3.12. The Balaban J connectivity index is 1.56. The van der Waals surface area contributed by atoms with Crippen molar-refractivity contribution in [3.8, 4) is 11.1 Å². The van der Waals surface area contributed by atoms with Crippen LogP contribution in [0.5, 0.6) is 0 Å². The van der Waals surface area contributed by atoms with Crippen LogP contribution in [0.15, 0.2) is 54.9 Å². The minimum Gasteiger partial charge on any atom is -0.478 e. The Labute approximate surface area is 180 Å². The Morgan fingerprint density at radius 3 is 2.81 bits per heavy atom. The van der Waals surface area contributed by atoms with Crippen LogP contribution < -0.4 is 5.32 Å². The second-order valence-corrected chi connectivity index (χ2v) is 7.92. The number of rotatable bonds is 6. The van der Waals surface area contributed by atoms with E-state index in [0.29, 0.717) is 12.0 Å². The van der Waals surface area contributed by atoms with Gasteiger partial charge in [0.15, 0.2) is 0 Å². The number of alkyl halides is 2. The summed E-state index contributed by atoms with van der Waals surface area (Å²) < 4.78 is 25.9. The van der Waals surface area contributed by atoms with Gasteiger partial charge in [0.1, 0.15) is 0 Å². The second kappa shape index (κ2) is 8.94. The van der Waals surface area contributed by atoms with Gasteiger partial charge in [-0.1, -0.05) is 30.3 Å². The number of nitrogens with zero attached hydrogens (tertiary/aromatic N) is 1. The summed E-state index contributed by atoms with van der Waals surface area (Å²) in [7, 11) is 0. The van der Waals surface area contributed by atoms with Gasteiger partial charge in [-0.05, 0) is 78.2 Å². The van der Waals surface area contributed by atoms with Gasteiger partial charge < -0.3 is 10.4 Å². The molecule has 4 nitrogen and oxygen atoms in total. The fourth-order valence-corrected chi connectivity index (χ4v) is 4.36. The predicted octanol–water partition coefficient (Wildman–Crippen LogP) is 5.51. The van der Waals surface area contributed by atoms with E-state index in [1.54, 1.807) is 18.3 Å². The first kappa shape index (κ1) is 21.1. The smallest absolute Gasteiger partial charge is 0.336 e. The summed E-state index contributed by atoms with van der Waals surface area (Å²) in [4.78, 5) is 15.5. The second-order valence-electron chi connectivity index (χ2n) is 7.92. The first-order valence-corrected chi connectivity index (χ1v) is 10.4. The molecule has 0 radical (unpaired) electrons. The van der Waals surface area contributed by atoms with Crippen LogP contribution in [0.2, 0.25) is 0 Å². The van der Waals surface area contributed by atoms with E-state index in [4.69, 9.17) is 0 Å². The highest BCUT2D eigenvalue weighted by Gasteiger charge is 2.21. The van der Waals surface area contributed by atoms with Crippen LogP contribution in [0, 0.1) is 6.92 Å². The lowest BCUT2D eigenvalue weighted by Crippen LogP contribution is -2.30. The molecule has 31 heavy (non-hydrogen) atoms. The molecule has 3 aromatic rings. The van der Waals surface area contributed by atoms with E-state index in [1.165, 1.54) is 29.5 Å². The molecule has 2 heterocycles. The molecule has 1 aliphatic rings. The zero-order valence-electron chi connectivity index (χ0n) is 17.2. The number of nitrogens with one attached hydrogen (secondary N) is 1. The van der Waals surface area contributed by atoms with Crippen molar-refractivity contribution in [2.75, 3.05) is 6.54 Å². The lowest BCUT2D eigenvalue weighted by atomic mass is 9.87. The van der Waals surface area contributed by atoms with Crippen LogP contribution in [0.1, 0.15) is 57.1 Å². The maximum Gasteiger partial charge on any atom is 0.336 e. The third kappa shape index (κ3) is 4.49. The minimum absolute atomic E-state index is 0.0413. The lowest BCUT2D eigenvalue weighted by Gasteiger charge is -2.28. The predicted molar refractivity (Wildman–Crippen MR) is 116 cm³/mol. The van der Waals surface area contributed by atoms with Crippen LogP contribution in [-0.4, -0.2) is 22.6 Å². The molecule has 0 aliphatic carbocycles. The van der Waals surface area contributed by atoms with E-state index < -0.39 is 12.4 Å². The monoisotopic (exact) mass is 422 g/mol. The number of halogens is 2. The van der Waals surface area contributed by atoms with Gasteiger partial charge in [-0.3, -0.25) is 4.98 Å². The van der Waals surface area contributed by atoms with Crippen LogP contribution in [0.3, 0.4) is 0 Å². The molecular weight excluding hydrogens is 398 g/mol. The summed E-state index contributed by atoms with van der Waals surface area (Å²) in [5.74, 6) is -0.938. The zero-order chi connectivity index (χ0) is 22.0. The molecule has 0 spiro atoms. The molecule has 0 amide bonds. The number of benzene rings is 2. The maximum absolute atomic E-state index is 13.0. The van der Waals surface area contributed by atoms with Crippen molar-refractivity contribution >= 4 is 5.97 Å². The topological polar surface area (TPSA) is 62.2 Å². The van der Waals surface area contributed by atoms with Gasteiger partial charge in [0.25, 0.3) is 6.43 Å². The Morgan fingerprint density at radius 1 is 1.23 bits per heavy atom. The van der Waals surface area contributed by atoms with Crippen LogP contribution in [0.25, 0.3) is 11.1 Å². The van der Waals surface area contributed by atoms with Crippen molar-refractivity contribution < 1.29 is 18.7 Å². The molecular formula is C25H24F2N2O2. The maximum atomic E-state index is 13.0. The highest BCUT2D eigenvalue weighted by molar-refractivity contribution is 5.89. The van der Waals surface area contributed by atoms with Crippen molar-refractivity contribution in [1.29, 1.82) is 0 Å². The fraction of sp³-hybridized carbons (Fsp3) is 0.280. The quantitative estimate of drug-likeness (QED) is 0.550. The molecule has 160 valence electrons. The summed E-state index contributed by atoms with van der Waals surface area (Å²) in [6.07, 6.45) is 2.93. The molecule has 2 N–H and O–H groups in total. The Kier molecular flexibility index (Phi) is 6.09. The van der Waals surface area contributed by atoms with E-state index in [9.17, 15) is 18.7 Å². The third-order valence-corrected chi connectivity index (χ3v) is 5.95. The standard InChI is InChI=1S/C25H24F2N2O2/c1-15-12-18(24(26)27)3-5-20(15)16-2-6-21-17(13-16)8-11-29-23(21)7-4-19-14-28-10-9-22(19)25(30)31/h2-3,5-6,9-10,12-14,23-24,29H,4,7-8,11H2,1H3,(H,30,31)/t23-/m1/s1. The third-order valence-electron chi connectivity index (χ3n) is 5.95. The number of carbonyl (C=O) groups is 1. The summed E-state index contributed by atoms with van der Waals surface area (Å²) in [5, 5.41) is 12.9. The summed E-state index contributed by atoms with van der Waals surface area (Å²) >= 11 is 0. The summed E-state index contributed by atoms with van der Waals surface area (Å²) in [5.41, 5.74) is 6.34. The highest BCUT2D eigenvalue weighted by atomic mass is 19.3. The van der Waals surface area contributed by atoms with Crippen LogP contribution in [-0.2, 0) is 12.8 Å². The average molecular weight is 422 g/mol. The number of aromatic nitrogens is 1. The minimum atomic E-state index is -2.47. The lowest BCUT2D eigenvalue weighted by molar-refractivity contribution is 0.0695. The highest BCUT2D eigenvalue weighted by Crippen LogP contribution is 2.33. The normalized spacial score (nSPS) is 15.7. The molecule has 2 aromatic carbocycles. The van der Waals surface area contributed by atoms with E-state index in [-0.39, 0.29) is 11.6 Å². The van der Waals surface area contributed by atoms with Gasteiger partial charge in [0, 0.05) is 24.0 Å². The number of hydrogen-bond acceptors (Lipinski definition) is 3. The largest absolute Gasteiger partial charge is 0.478 e.